The van der Waals surface area contributed by atoms with Gasteiger partial charge in [0.25, 0.3) is 0 Å². The average Bonchev–Trinajstić information content (AvgIpc) is 2.61. The van der Waals surface area contributed by atoms with Crippen molar-refractivity contribution in [2.45, 2.75) is 37.6 Å². The van der Waals surface area contributed by atoms with Crippen molar-refractivity contribution in [1.82, 2.24) is 0 Å². The van der Waals surface area contributed by atoms with Crippen molar-refractivity contribution in [1.29, 1.82) is 0 Å². The summed E-state index contributed by atoms with van der Waals surface area (Å²) in [7, 11) is 0. The number of rotatable bonds is 0. The normalized spacial score (nSPS) is 22.1. The number of benzene rings is 1. The van der Waals surface area contributed by atoms with Crippen LogP contribution < -0.4 is 10.6 Å². The van der Waals surface area contributed by atoms with Crippen LogP contribution in [0, 0.1) is 5.82 Å². The van der Waals surface area contributed by atoms with E-state index < -0.39 is 0 Å². The number of anilines is 2. The molecule has 3 rings (SSSR count). The Morgan fingerprint density at radius 3 is 2.75 bits per heavy atom. The molecule has 0 bridgehead atoms. The predicted molar refractivity (Wildman–Crippen MR) is 64.3 cm³/mol. The van der Waals surface area contributed by atoms with E-state index in [1.54, 1.807) is 6.07 Å². The van der Waals surface area contributed by atoms with E-state index >= 15 is 0 Å². The highest BCUT2D eigenvalue weighted by Crippen LogP contribution is 2.40. The minimum absolute atomic E-state index is 0.153. The molecule has 1 aromatic carbocycles. The van der Waals surface area contributed by atoms with Gasteiger partial charge in [-0.25, -0.2) is 4.39 Å². The third kappa shape index (κ3) is 1.55. The lowest BCUT2D eigenvalue weighted by Crippen LogP contribution is -2.35. The minimum atomic E-state index is -0.153. The van der Waals surface area contributed by atoms with Crippen LogP contribution in [0.4, 0.5) is 15.8 Å². The molecule has 1 fully saturated rings. The Bertz CT molecular complexity index is 397. The molecule has 0 aromatic heterocycles. The van der Waals surface area contributed by atoms with Crippen molar-refractivity contribution in [3.05, 3.63) is 24.0 Å². The molecule has 2 N–H and O–H groups in total. The van der Waals surface area contributed by atoms with Crippen LogP contribution in [0.5, 0.6) is 0 Å². The van der Waals surface area contributed by atoms with Crippen molar-refractivity contribution < 1.29 is 4.39 Å². The van der Waals surface area contributed by atoms with Crippen LogP contribution in [0.3, 0.4) is 0 Å². The highest BCUT2D eigenvalue weighted by Gasteiger charge is 2.35. The number of fused-ring (bicyclic) bond motifs is 1. The molecular formula is C13H17FN2. The Morgan fingerprint density at radius 2 is 1.94 bits per heavy atom. The lowest BCUT2D eigenvalue weighted by molar-refractivity contribution is 0.461. The maximum absolute atomic E-state index is 13.6. The quantitative estimate of drug-likeness (QED) is 0.700. The molecule has 1 aliphatic heterocycles. The van der Waals surface area contributed by atoms with Crippen LogP contribution in [0.1, 0.15) is 32.1 Å². The summed E-state index contributed by atoms with van der Waals surface area (Å²) in [5.74, 6) is -0.153. The van der Waals surface area contributed by atoms with Gasteiger partial charge in [-0.15, -0.1) is 0 Å². The Balaban J connectivity index is 1.97. The van der Waals surface area contributed by atoms with Gasteiger partial charge < -0.3 is 10.6 Å². The summed E-state index contributed by atoms with van der Waals surface area (Å²) >= 11 is 0. The first-order valence-electron chi connectivity index (χ1n) is 6.10. The topological polar surface area (TPSA) is 24.1 Å². The van der Waals surface area contributed by atoms with Crippen molar-refractivity contribution >= 4 is 11.4 Å². The summed E-state index contributed by atoms with van der Waals surface area (Å²) in [4.78, 5) is 0. The van der Waals surface area contributed by atoms with Gasteiger partial charge in [0.15, 0.2) is 0 Å². The zero-order valence-electron chi connectivity index (χ0n) is 9.35. The highest BCUT2D eigenvalue weighted by atomic mass is 19.1. The predicted octanol–water partition coefficient (Wildman–Crippen LogP) is 3.37. The Morgan fingerprint density at radius 1 is 1.12 bits per heavy atom. The summed E-state index contributed by atoms with van der Waals surface area (Å²) in [5.41, 5.74) is 1.79. The van der Waals surface area contributed by atoms with Crippen molar-refractivity contribution in [3.63, 3.8) is 0 Å². The van der Waals surface area contributed by atoms with Crippen molar-refractivity contribution in [2.24, 2.45) is 0 Å². The summed E-state index contributed by atoms with van der Waals surface area (Å²) < 4.78 is 13.6. The van der Waals surface area contributed by atoms with Crippen LogP contribution in [-0.2, 0) is 0 Å². The van der Waals surface area contributed by atoms with Crippen molar-refractivity contribution in [2.75, 3.05) is 17.2 Å². The molecule has 1 aromatic rings. The van der Waals surface area contributed by atoms with Gasteiger partial charge in [0, 0.05) is 12.1 Å². The zero-order chi connectivity index (χ0) is 11.0. The largest absolute Gasteiger partial charge is 0.381 e. The average molecular weight is 220 g/mol. The second-order valence-corrected chi connectivity index (χ2v) is 4.95. The van der Waals surface area contributed by atoms with E-state index in [0.717, 1.165) is 18.7 Å². The monoisotopic (exact) mass is 220 g/mol. The van der Waals surface area contributed by atoms with E-state index in [2.05, 4.69) is 10.6 Å². The maximum atomic E-state index is 13.6. The molecule has 0 saturated heterocycles. The van der Waals surface area contributed by atoms with Crippen LogP contribution in [-0.4, -0.2) is 12.1 Å². The van der Waals surface area contributed by atoms with E-state index in [1.165, 1.54) is 31.7 Å². The van der Waals surface area contributed by atoms with E-state index in [1.807, 2.05) is 6.07 Å². The van der Waals surface area contributed by atoms with Crippen LogP contribution >= 0.6 is 0 Å². The van der Waals surface area contributed by atoms with Gasteiger partial charge in [-0.05, 0) is 31.4 Å². The van der Waals surface area contributed by atoms with E-state index in [-0.39, 0.29) is 11.4 Å². The molecule has 0 atom stereocenters. The zero-order valence-corrected chi connectivity index (χ0v) is 9.35. The molecule has 0 unspecified atom stereocenters. The standard InChI is InChI=1S/C13H17FN2/c14-10-4-3-5-11-12(10)15-9-8-13(16-11)6-1-2-7-13/h3-5,15-16H,1-2,6-9H2. The molecule has 16 heavy (non-hydrogen) atoms. The molecule has 1 aliphatic carbocycles. The Labute approximate surface area is 95.2 Å². The van der Waals surface area contributed by atoms with E-state index in [9.17, 15) is 4.39 Å². The van der Waals surface area contributed by atoms with Gasteiger partial charge in [0.1, 0.15) is 5.82 Å². The third-order valence-corrected chi connectivity index (χ3v) is 3.88. The first-order chi connectivity index (χ1) is 7.79. The lowest BCUT2D eigenvalue weighted by atomic mass is 9.93. The molecule has 3 heteroatoms. The number of hydrogen-bond acceptors (Lipinski definition) is 2. The summed E-state index contributed by atoms with van der Waals surface area (Å²) in [6, 6.07) is 5.26. The fraction of sp³-hybridized carbons (Fsp3) is 0.538. The lowest BCUT2D eigenvalue weighted by Gasteiger charge is -2.29. The van der Waals surface area contributed by atoms with Gasteiger partial charge in [-0.3, -0.25) is 0 Å². The third-order valence-electron chi connectivity index (χ3n) is 3.88. The number of para-hydroxylation sites is 1. The van der Waals surface area contributed by atoms with E-state index in [4.69, 9.17) is 0 Å². The molecule has 1 heterocycles. The molecule has 0 radical (unpaired) electrons. The molecule has 1 saturated carbocycles. The van der Waals surface area contributed by atoms with Gasteiger partial charge in [-0.2, -0.15) is 0 Å². The Hall–Kier alpha value is -1.25. The second-order valence-electron chi connectivity index (χ2n) is 4.95. The fourth-order valence-corrected chi connectivity index (χ4v) is 3.01. The van der Waals surface area contributed by atoms with Gasteiger partial charge in [0.2, 0.25) is 0 Å². The number of hydrogen-bond donors (Lipinski definition) is 2. The first kappa shape index (κ1) is 9.94. The van der Waals surface area contributed by atoms with Gasteiger partial charge in [-0.1, -0.05) is 18.9 Å². The summed E-state index contributed by atoms with van der Waals surface area (Å²) in [5, 5.41) is 6.78. The molecule has 2 nitrogen and oxygen atoms in total. The van der Waals surface area contributed by atoms with Crippen LogP contribution in [0.2, 0.25) is 0 Å². The number of nitrogens with one attached hydrogen (secondary N) is 2. The summed E-state index contributed by atoms with van der Waals surface area (Å²) in [6.45, 7) is 0.862. The molecule has 86 valence electrons. The van der Waals surface area contributed by atoms with Crippen LogP contribution in [0.25, 0.3) is 0 Å². The van der Waals surface area contributed by atoms with Crippen molar-refractivity contribution in [3.8, 4) is 0 Å². The minimum Gasteiger partial charge on any atom is -0.381 e. The van der Waals surface area contributed by atoms with E-state index in [0.29, 0.717) is 5.69 Å². The van der Waals surface area contributed by atoms with Crippen LogP contribution in [0.15, 0.2) is 18.2 Å². The molecular weight excluding hydrogens is 203 g/mol. The first-order valence-corrected chi connectivity index (χ1v) is 6.10. The maximum Gasteiger partial charge on any atom is 0.148 e. The van der Waals surface area contributed by atoms with Gasteiger partial charge in [0.05, 0.1) is 11.4 Å². The molecule has 2 aliphatic rings. The number of halogens is 1. The second kappa shape index (κ2) is 3.65. The highest BCUT2D eigenvalue weighted by molar-refractivity contribution is 5.71. The SMILES string of the molecule is Fc1cccc2c1NCCC1(CCCC1)N2. The molecule has 0 amide bonds. The Kier molecular flexibility index (Phi) is 2.27. The smallest absolute Gasteiger partial charge is 0.148 e. The fourth-order valence-electron chi connectivity index (χ4n) is 3.01. The molecule has 1 spiro atoms. The summed E-state index contributed by atoms with van der Waals surface area (Å²) in [6.07, 6.45) is 6.09. The van der Waals surface area contributed by atoms with Gasteiger partial charge >= 0.3 is 0 Å².